The highest BCUT2D eigenvalue weighted by Crippen LogP contribution is 2.36. The van der Waals surface area contributed by atoms with Gasteiger partial charge in [-0.05, 0) is 23.8 Å². The molecule has 0 radical (unpaired) electrons. The van der Waals surface area contributed by atoms with E-state index in [4.69, 9.17) is 40.5 Å². The Balaban J connectivity index is 2.51. The van der Waals surface area contributed by atoms with Crippen molar-refractivity contribution >= 4 is 63.5 Å². The van der Waals surface area contributed by atoms with Gasteiger partial charge >= 0.3 is 0 Å². The zero-order valence-electron chi connectivity index (χ0n) is 15.4. The van der Waals surface area contributed by atoms with Gasteiger partial charge in [-0.25, -0.2) is 0 Å². The molecule has 0 aliphatic rings. The maximum Gasteiger partial charge on any atom is 0.256 e. The molecule has 3 N–H and O–H groups in total. The summed E-state index contributed by atoms with van der Waals surface area (Å²) in [4.78, 5) is 25.1. The van der Waals surface area contributed by atoms with E-state index in [1.165, 1.54) is 18.2 Å². The number of rotatable bonds is 6. The maximum atomic E-state index is 12.9. The Morgan fingerprint density at radius 2 is 1.79 bits per heavy atom. The average molecular weight is 462 g/mol. The van der Waals surface area contributed by atoms with E-state index in [0.717, 1.165) is 0 Å². The van der Waals surface area contributed by atoms with Crippen LogP contribution in [0, 0.1) is 0 Å². The van der Waals surface area contributed by atoms with Gasteiger partial charge < -0.3 is 15.6 Å². The van der Waals surface area contributed by atoms with Crippen molar-refractivity contribution in [1.29, 1.82) is 0 Å². The highest BCUT2D eigenvalue weighted by atomic mass is 35.5. The first-order valence-corrected chi connectivity index (χ1v) is 11.0. The molecule has 0 bridgehead atoms. The van der Waals surface area contributed by atoms with Gasteiger partial charge in [0.25, 0.3) is 5.91 Å². The van der Waals surface area contributed by atoms with Crippen molar-refractivity contribution in [3.63, 3.8) is 0 Å². The molecule has 1 unspecified atom stereocenters. The molecule has 2 aromatic rings. The van der Waals surface area contributed by atoms with E-state index in [9.17, 15) is 14.1 Å². The molecular weight excluding hydrogens is 443 g/mol. The Bertz CT molecular complexity index is 933. The van der Waals surface area contributed by atoms with Crippen LogP contribution in [0.25, 0.3) is 0 Å². The van der Waals surface area contributed by atoms with Crippen molar-refractivity contribution in [2.75, 3.05) is 17.3 Å². The second kappa shape index (κ2) is 8.93. The summed E-state index contributed by atoms with van der Waals surface area (Å²) in [7, 11) is 0. The lowest BCUT2D eigenvalue weighted by atomic mass is 9.81. The molecular formula is C19H19Cl3N2O3S. The molecule has 0 spiro atoms. The average Bonchev–Trinajstić information content (AvgIpc) is 2.60. The fourth-order valence-electron chi connectivity index (χ4n) is 2.97. The summed E-state index contributed by atoms with van der Waals surface area (Å²) in [6.07, 6.45) is 1.58. The number of benzene rings is 2. The van der Waals surface area contributed by atoms with Crippen LogP contribution in [0.15, 0.2) is 30.3 Å². The minimum atomic E-state index is -1.11. The standard InChI is InChI=1S/C19H19Cl3N2O3S/c1-19(2,9-28(3)27)11-6-4-5-10(14(11)17(23)25)18(26)24-13-8-7-12(20)15(21)16(13)22/h4-8H,9H2,1-3H3,(H2,23,25)(H,24,26). The number of nitrogens with two attached hydrogens (primary N) is 1. The number of halogens is 3. The predicted octanol–water partition coefficient (Wildman–Crippen LogP) is 4.65. The number of amides is 2. The van der Waals surface area contributed by atoms with Crippen LogP contribution in [0.5, 0.6) is 0 Å². The molecule has 2 aromatic carbocycles. The minimum Gasteiger partial charge on any atom is -0.617 e. The van der Waals surface area contributed by atoms with Crippen LogP contribution in [0.3, 0.4) is 0 Å². The van der Waals surface area contributed by atoms with Gasteiger partial charge in [0.1, 0.15) is 5.75 Å². The monoisotopic (exact) mass is 460 g/mol. The number of primary amides is 1. The largest absolute Gasteiger partial charge is 0.617 e. The van der Waals surface area contributed by atoms with Crippen molar-refractivity contribution in [2.24, 2.45) is 5.73 Å². The molecule has 9 heteroatoms. The van der Waals surface area contributed by atoms with Crippen LogP contribution >= 0.6 is 34.8 Å². The minimum absolute atomic E-state index is 0.0756. The fourth-order valence-corrected chi connectivity index (χ4v) is 4.72. The van der Waals surface area contributed by atoms with Crippen molar-refractivity contribution in [2.45, 2.75) is 19.3 Å². The SMILES string of the molecule is C[S+]([O-])CC(C)(C)c1cccc(C(=O)Nc2ccc(Cl)c(Cl)c2Cl)c1C(N)=O. The number of hydrogen-bond acceptors (Lipinski definition) is 3. The molecule has 1 atom stereocenters. The van der Waals surface area contributed by atoms with Gasteiger partial charge in [-0.3, -0.25) is 9.59 Å². The van der Waals surface area contributed by atoms with Crippen LogP contribution in [-0.4, -0.2) is 28.4 Å². The third kappa shape index (κ3) is 4.93. The smallest absolute Gasteiger partial charge is 0.256 e. The zero-order chi connectivity index (χ0) is 21.2. The first-order valence-electron chi connectivity index (χ1n) is 8.14. The highest BCUT2D eigenvalue weighted by Gasteiger charge is 2.32. The third-order valence-corrected chi connectivity index (χ3v) is 6.55. The first kappa shape index (κ1) is 22.8. The summed E-state index contributed by atoms with van der Waals surface area (Å²) < 4.78 is 11.7. The lowest BCUT2D eigenvalue weighted by Crippen LogP contribution is -2.32. The van der Waals surface area contributed by atoms with Gasteiger partial charge in [-0.2, -0.15) is 0 Å². The van der Waals surface area contributed by atoms with Gasteiger partial charge in [-0.1, -0.05) is 72.0 Å². The van der Waals surface area contributed by atoms with E-state index in [1.54, 1.807) is 18.4 Å². The maximum absolute atomic E-state index is 12.9. The molecule has 0 aromatic heterocycles. The number of nitrogens with one attached hydrogen (secondary N) is 1. The van der Waals surface area contributed by atoms with Crippen molar-refractivity contribution < 1.29 is 14.1 Å². The van der Waals surface area contributed by atoms with Crippen molar-refractivity contribution in [3.8, 4) is 0 Å². The van der Waals surface area contributed by atoms with Crippen molar-refractivity contribution in [1.82, 2.24) is 0 Å². The lowest BCUT2D eigenvalue weighted by Gasteiger charge is -2.27. The highest BCUT2D eigenvalue weighted by molar-refractivity contribution is 7.90. The van der Waals surface area contributed by atoms with Gasteiger partial charge in [0.05, 0.1) is 38.1 Å². The van der Waals surface area contributed by atoms with E-state index in [1.807, 2.05) is 13.8 Å². The Hall–Kier alpha value is -1.44. The zero-order valence-corrected chi connectivity index (χ0v) is 18.5. The normalized spacial score (nSPS) is 12.5. The Kier molecular flexibility index (Phi) is 7.28. The molecule has 0 aliphatic carbocycles. The molecule has 0 saturated carbocycles. The number of carbonyl (C=O) groups is 2. The molecule has 0 aliphatic heterocycles. The van der Waals surface area contributed by atoms with Crippen LogP contribution < -0.4 is 11.1 Å². The second-order valence-electron chi connectivity index (χ2n) is 6.87. The molecule has 2 rings (SSSR count). The van der Waals surface area contributed by atoms with Crippen molar-refractivity contribution in [3.05, 3.63) is 62.1 Å². The molecule has 0 fully saturated rings. The van der Waals surface area contributed by atoms with Crippen LogP contribution in [-0.2, 0) is 16.6 Å². The quantitative estimate of drug-likeness (QED) is 0.484. The summed E-state index contributed by atoms with van der Waals surface area (Å²) >= 11 is 16.9. The van der Waals surface area contributed by atoms with E-state index in [2.05, 4.69) is 5.32 Å². The molecule has 0 saturated heterocycles. The van der Waals surface area contributed by atoms with Crippen LogP contribution in [0.1, 0.15) is 40.1 Å². The molecule has 5 nitrogen and oxygen atoms in total. The fraction of sp³-hybridized carbons (Fsp3) is 0.263. The number of anilines is 1. The van der Waals surface area contributed by atoms with Gasteiger partial charge in [0.2, 0.25) is 5.91 Å². The molecule has 150 valence electrons. The molecule has 0 heterocycles. The Morgan fingerprint density at radius 1 is 1.14 bits per heavy atom. The lowest BCUT2D eigenvalue weighted by molar-refractivity contribution is 0.0975. The number of hydrogen-bond donors (Lipinski definition) is 2. The first-order chi connectivity index (χ1) is 13.0. The Morgan fingerprint density at radius 3 is 2.36 bits per heavy atom. The van der Waals surface area contributed by atoms with Gasteiger partial charge in [-0.15, -0.1) is 0 Å². The van der Waals surface area contributed by atoms with E-state index < -0.39 is 28.4 Å². The second-order valence-corrected chi connectivity index (χ2v) is 9.47. The summed E-state index contributed by atoms with van der Waals surface area (Å²) in [5.41, 5.74) is 5.90. The van der Waals surface area contributed by atoms with Crippen LogP contribution in [0.2, 0.25) is 15.1 Å². The van der Waals surface area contributed by atoms with E-state index in [-0.39, 0.29) is 31.9 Å². The van der Waals surface area contributed by atoms with E-state index >= 15 is 0 Å². The summed E-state index contributed by atoms with van der Waals surface area (Å²) in [6, 6.07) is 7.84. The predicted molar refractivity (Wildman–Crippen MR) is 116 cm³/mol. The summed E-state index contributed by atoms with van der Waals surface area (Å²) in [5, 5.41) is 3.07. The van der Waals surface area contributed by atoms with Gasteiger partial charge in [0, 0.05) is 5.41 Å². The molecule has 28 heavy (non-hydrogen) atoms. The van der Waals surface area contributed by atoms with Gasteiger partial charge in [0.15, 0.2) is 0 Å². The third-order valence-electron chi connectivity index (χ3n) is 4.13. The van der Waals surface area contributed by atoms with Crippen LogP contribution in [0.4, 0.5) is 5.69 Å². The summed E-state index contributed by atoms with van der Waals surface area (Å²) in [6.45, 7) is 3.68. The Labute approximate surface area is 181 Å². The van der Waals surface area contributed by atoms with E-state index in [0.29, 0.717) is 11.3 Å². The molecule has 2 amide bonds. The summed E-state index contributed by atoms with van der Waals surface area (Å²) in [5.74, 6) is -1.03. The topological polar surface area (TPSA) is 95.2 Å². The number of carbonyl (C=O) groups excluding carboxylic acids is 2.